The summed E-state index contributed by atoms with van der Waals surface area (Å²) < 4.78 is 92.9. The molecule has 0 radical (unpaired) electrons. The van der Waals surface area contributed by atoms with Crippen LogP contribution in [0.5, 0.6) is 11.5 Å². The maximum absolute atomic E-state index is 14.0. The molecule has 15 atom stereocenters. The number of carbonyl (C=O) groups excluding carboxylic acids is 1. The topological polar surface area (TPSA) is 158 Å². The predicted octanol–water partition coefficient (Wildman–Crippen LogP) is 12.0. The summed E-state index contributed by atoms with van der Waals surface area (Å²) in [4.78, 5) is 14.0. The molecule has 454 valence electrons. The van der Waals surface area contributed by atoms with Crippen molar-refractivity contribution in [3.63, 3.8) is 0 Å². The van der Waals surface area contributed by atoms with Gasteiger partial charge in [0.2, 0.25) is 10.1 Å². The second-order valence-electron chi connectivity index (χ2n) is 20.9. The zero-order valence-corrected chi connectivity index (χ0v) is 50.2. The number of nitrogens with one attached hydrogen (secondary N) is 1. The molecule has 1 amide bonds. The molecule has 1 N–H and O–H groups in total. The zero-order valence-electron chi connectivity index (χ0n) is 47.9. The van der Waals surface area contributed by atoms with Gasteiger partial charge in [-0.3, -0.25) is 0 Å². The molecule has 19 heteroatoms. The van der Waals surface area contributed by atoms with Crippen molar-refractivity contribution in [3.05, 3.63) is 216 Å². The smallest absolute Gasteiger partial charge is 0.407 e. The van der Waals surface area contributed by atoms with Gasteiger partial charge in [-0.25, -0.2) is 4.79 Å². The minimum Gasteiger partial charge on any atom is -0.497 e. The Kier molecular flexibility index (Phi) is 23.9. The fourth-order valence-corrected chi connectivity index (χ4v) is 10.6. The van der Waals surface area contributed by atoms with Crippen LogP contribution in [0.1, 0.15) is 48.6 Å². The third-order valence-corrected chi connectivity index (χ3v) is 14.9. The van der Waals surface area contributed by atoms with Crippen molar-refractivity contribution in [2.45, 2.75) is 150 Å². The molecule has 9 rings (SSSR count). The molecule has 3 heterocycles. The summed E-state index contributed by atoms with van der Waals surface area (Å²) in [6.45, 7) is 9.87. The lowest BCUT2D eigenvalue weighted by Gasteiger charge is -2.51. The normalized spacial score (nSPS) is 27.8. The Morgan fingerprint density at radius 3 is 1.29 bits per heavy atom. The van der Waals surface area contributed by atoms with Crippen LogP contribution in [-0.2, 0) is 89.9 Å². The highest BCUT2D eigenvalue weighted by molar-refractivity contribution is 6.67. The summed E-state index contributed by atoms with van der Waals surface area (Å²) in [5, 5.41) is 2.99. The summed E-state index contributed by atoms with van der Waals surface area (Å²) >= 11 is 18.3. The average Bonchev–Trinajstić information content (AvgIpc) is 3.06. The Hall–Kier alpha value is -5.64. The number of methoxy groups -OCH3 is 1. The molecule has 0 unspecified atom stereocenters. The van der Waals surface area contributed by atoms with Crippen LogP contribution in [0.4, 0.5) is 4.79 Å². The van der Waals surface area contributed by atoms with Gasteiger partial charge in [0, 0.05) is 0 Å². The number of amides is 1. The van der Waals surface area contributed by atoms with Crippen molar-refractivity contribution in [1.29, 1.82) is 0 Å². The third-order valence-electron chi connectivity index (χ3n) is 14.6. The van der Waals surface area contributed by atoms with Crippen LogP contribution < -0.4 is 14.8 Å². The number of rotatable bonds is 27. The average molecular weight is 1230 g/mol. The van der Waals surface area contributed by atoms with E-state index in [1.165, 1.54) is 0 Å². The van der Waals surface area contributed by atoms with Crippen LogP contribution in [0, 0.1) is 0 Å². The van der Waals surface area contributed by atoms with Gasteiger partial charge < -0.3 is 71.6 Å². The lowest BCUT2D eigenvalue weighted by Crippen LogP contribution is -2.68. The number of alkyl carbamates (subject to hydrolysis) is 1. The molecular formula is C66H74Cl3NO15. The molecule has 3 saturated heterocycles. The van der Waals surface area contributed by atoms with Crippen LogP contribution in [0.15, 0.2) is 189 Å². The lowest BCUT2D eigenvalue weighted by atomic mass is 9.94. The van der Waals surface area contributed by atoms with Gasteiger partial charge in [-0.1, -0.05) is 193 Å². The Bertz CT molecular complexity index is 2900. The molecule has 0 aliphatic carbocycles. The van der Waals surface area contributed by atoms with E-state index in [1.807, 2.05) is 172 Å². The van der Waals surface area contributed by atoms with Crippen LogP contribution in [0.25, 0.3) is 0 Å². The van der Waals surface area contributed by atoms with Crippen LogP contribution in [-0.4, -0.2) is 122 Å². The minimum absolute atomic E-state index is 0.0453. The van der Waals surface area contributed by atoms with Gasteiger partial charge in [-0.15, -0.1) is 6.58 Å². The van der Waals surface area contributed by atoms with Crippen LogP contribution >= 0.6 is 34.8 Å². The summed E-state index contributed by atoms with van der Waals surface area (Å²) in [5.74, 6) is 1.14. The summed E-state index contributed by atoms with van der Waals surface area (Å²) in [6, 6.07) is 54.7. The number of alkyl halides is 3. The van der Waals surface area contributed by atoms with Gasteiger partial charge in [0.15, 0.2) is 12.6 Å². The number of ether oxygens (including phenoxy) is 14. The lowest BCUT2D eigenvalue weighted by molar-refractivity contribution is -0.388. The molecular weight excluding hydrogens is 1150 g/mol. The van der Waals surface area contributed by atoms with Gasteiger partial charge in [-0.2, -0.15) is 0 Å². The molecule has 0 bridgehead atoms. The maximum atomic E-state index is 14.0. The van der Waals surface area contributed by atoms with Crippen LogP contribution in [0.3, 0.4) is 0 Å². The van der Waals surface area contributed by atoms with E-state index < -0.39 is 109 Å². The Labute approximate surface area is 512 Å². The predicted molar refractivity (Wildman–Crippen MR) is 320 cm³/mol. The van der Waals surface area contributed by atoms with E-state index in [9.17, 15) is 4.79 Å². The number of hydrogen-bond acceptors (Lipinski definition) is 15. The molecule has 6 aromatic carbocycles. The first-order chi connectivity index (χ1) is 41.3. The zero-order chi connectivity index (χ0) is 59.5. The van der Waals surface area contributed by atoms with Crippen molar-refractivity contribution in [3.8, 4) is 11.5 Å². The van der Waals surface area contributed by atoms with Crippen LogP contribution in [0.2, 0.25) is 0 Å². The number of carbonyl (C=O) groups is 1. The number of hydrogen-bond donors (Lipinski definition) is 1. The molecule has 3 fully saturated rings. The first kappa shape index (κ1) is 63.9. The first-order valence-corrected chi connectivity index (χ1v) is 29.5. The SMILES string of the molecule is C=CCO[C@@H]1[C@H](O[C@H]2O[C@H](C)[C@H](OCc3ccccc3)[C@H](NC(=O)OCC(Cl)(Cl)Cl)[C@H]2OCc2ccccc2)[C@H](O[C@@H]2[C@H](OCc3ccccc3)[C@@H](Oc3ccc(OC)cc3)O[C@H](C)[C@H]2OCc2ccccc2)O[C@H](C)[C@H]1OCc1ccccc1. The van der Waals surface area contributed by atoms with Gasteiger partial charge in [0.05, 0.1) is 71.1 Å². The summed E-state index contributed by atoms with van der Waals surface area (Å²) in [6.07, 6.45) is -13.0. The first-order valence-electron chi connectivity index (χ1n) is 28.4. The molecule has 0 spiro atoms. The van der Waals surface area contributed by atoms with Crippen molar-refractivity contribution in [2.24, 2.45) is 0 Å². The van der Waals surface area contributed by atoms with E-state index in [-0.39, 0.29) is 39.6 Å². The molecule has 3 aliphatic rings. The number of benzene rings is 6. The quantitative estimate of drug-likeness (QED) is 0.0383. The fourth-order valence-electron chi connectivity index (χ4n) is 10.4. The molecule has 16 nitrogen and oxygen atoms in total. The maximum Gasteiger partial charge on any atom is 0.407 e. The van der Waals surface area contributed by atoms with Gasteiger partial charge in [0.1, 0.15) is 66.9 Å². The highest BCUT2D eigenvalue weighted by Gasteiger charge is 2.56. The van der Waals surface area contributed by atoms with E-state index in [1.54, 1.807) is 37.5 Å². The Morgan fingerprint density at radius 2 is 0.847 bits per heavy atom. The summed E-state index contributed by atoms with van der Waals surface area (Å²) in [7, 11) is 1.60. The van der Waals surface area contributed by atoms with Crippen molar-refractivity contribution < 1.29 is 71.1 Å². The third kappa shape index (κ3) is 18.5. The van der Waals surface area contributed by atoms with Gasteiger partial charge in [0.25, 0.3) is 0 Å². The molecule has 3 aliphatic heterocycles. The number of halogens is 3. The highest BCUT2D eigenvalue weighted by atomic mass is 35.6. The van der Waals surface area contributed by atoms with E-state index in [0.29, 0.717) is 11.5 Å². The van der Waals surface area contributed by atoms with E-state index >= 15 is 0 Å². The van der Waals surface area contributed by atoms with Crippen molar-refractivity contribution >= 4 is 40.9 Å². The Balaban J connectivity index is 1.14. The second-order valence-corrected chi connectivity index (χ2v) is 23.4. The molecule has 6 aromatic rings. The Morgan fingerprint density at radius 1 is 0.471 bits per heavy atom. The standard InChI is InChI=1S/C66H74Cl3NO15/c1-6-36-73-58-55(75-38-47-24-14-8-15-25-47)44(3)82-64(84-59-56(76-39-48-26-16-9-17-27-48)45(4)81-63(83-52-34-32-51(72-5)33-35-52)60(59)78-41-50-30-20-11-21-31-50)61(58)85-62-57(77-40-49-28-18-10-19-29-49)53(70-65(71)79-42-66(67,68)69)54(43(2)80-62)74-37-46-22-12-7-13-23-46/h6-35,43-45,53-64H,1,36-42H2,2-5H3,(H,70,71)/t43-,44-,45-,53+,54+,55-,56-,57-,58+,59+,60+,61+,62-,63-,64+/m1/s1. The van der Waals surface area contributed by atoms with Gasteiger partial charge in [-0.05, 0) is 72.9 Å². The van der Waals surface area contributed by atoms with E-state index in [0.717, 1.165) is 27.8 Å². The largest absolute Gasteiger partial charge is 0.497 e. The summed E-state index contributed by atoms with van der Waals surface area (Å²) in [5.41, 5.74) is 4.42. The van der Waals surface area contributed by atoms with E-state index in [2.05, 4.69) is 11.9 Å². The second kappa shape index (κ2) is 31.8. The monoisotopic (exact) mass is 1230 g/mol. The van der Waals surface area contributed by atoms with Crippen molar-refractivity contribution in [2.75, 3.05) is 20.3 Å². The van der Waals surface area contributed by atoms with Gasteiger partial charge >= 0.3 is 6.09 Å². The minimum atomic E-state index is -1.91. The molecule has 0 aromatic heterocycles. The fraction of sp³-hybridized carbons (Fsp3) is 0.409. The molecule has 85 heavy (non-hydrogen) atoms. The highest BCUT2D eigenvalue weighted by Crippen LogP contribution is 2.39. The molecule has 0 saturated carbocycles. The van der Waals surface area contributed by atoms with E-state index in [4.69, 9.17) is 101 Å². The van der Waals surface area contributed by atoms with Crippen molar-refractivity contribution in [1.82, 2.24) is 5.32 Å².